The molecule has 0 amide bonds. The van der Waals surface area contributed by atoms with E-state index in [0.29, 0.717) is 12.5 Å². The Kier molecular flexibility index (Phi) is 3.95. The summed E-state index contributed by atoms with van der Waals surface area (Å²) in [5.41, 5.74) is 2.47. The van der Waals surface area contributed by atoms with Crippen LogP contribution in [0.25, 0.3) is 0 Å². The van der Waals surface area contributed by atoms with Crippen molar-refractivity contribution in [3.63, 3.8) is 0 Å². The van der Waals surface area contributed by atoms with E-state index in [1.54, 1.807) is 6.07 Å². The molecule has 0 spiro atoms. The topological polar surface area (TPSA) is 42.4 Å². The van der Waals surface area contributed by atoms with Gasteiger partial charge in [-0.1, -0.05) is 30.3 Å². The van der Waals surface area contributed by atoms with Crippen LogP contribution in [0.5, 0.6) is 5.88 Å². The van der Waals surface area contributed by atoms with Crippen LogP contribution in [0.2, 0.25) is 0 Å². The standard InChI is InChI=1S/C15H17NO2/c1-3-18-14-10-9-13(11(2)16-14)15(17)12-7-5-4-6-8-12/h4-10,15,17H,3H2,1-2H3/t15-/m1/s1. The fourth-order valence-electron chi connectivity index (χ4n) is 1.88. The molecule has 0 bridgehead atoms. The minimum absolute atomic E-state index is 0.590. The number of rotatable bonds is 4. The van der Waals surface area contributed by atoms with Crippen LogP contribution >= 0.6 is 0 Å². The second-order valence-electron chi connectivity index (χ2n) is 4.07. The molecule has 18 heavy (non-hydrogen) atoms. The maximum Gasteiger partial charge on any atom is 0.213 e. The number of ether oxygens (including phenoxy) is 1. The number of aryl methyl sites for hydroxylation is 1. The van der Waals surface area contributed by atoms with E-state index in [9.17, 15) is 5.11 Å². The summed E-state index contributed by atoms with van der Waals surface area (Å²) in [5, 5.41) is 10.3. The van der Waals surface area contributed by atoms with Crippen molar-refractivity contribution in [2.75, 3.05) is 6.61 Å². The second-order valence-corrected chi connectivity index (χ2v) is 4.07. The smallest absolute Gasteiger partial charge is 0.213 e. The molecule has 3 nitrogen and oxygen atoms in total. The maximum absolute atomic E-state index is 10.3. The molecule has 0 aliphatic heterocycles. The van der Waals surface area contributed by atoms with Gasteiger partial charge in [-0.2, -0.15) is 0 Å². The van der Waals surface area contributed by atoms with Gasteiger partial charge in [-0.05, 0) is 25.5 Å². The van der Waals surface area contributed by atoms with Crippen LogP contribution in [0.3, 0.4) is 0 Å². The molecule has 1 atom stereocenters. The lowest BCUT2D eigenvalue weighted by Crippen LogP contribution is -2.04. The maximum atomic E-state index is 10.3. The first kappa shape index (κ1) is 12.6. The molecule has 0 aliphatic rings. The van der Waals surface area contributed by atoms with Gasteiger partial charge in [0.1, 0.15) is 6.10 Å². The van der Waals surface area contributed by atoms with Crippen LogP contribution in [0, 0.1) is 6.92 Å². The zero-order chi connectivity index (χ0) is 13.0. The van der Waals surface area contributed by atoms with Gasteiger partial charge >= 0.3 is 0 Å². The van der Waals surface area contributed by atoms with Gasteiger partial charge in [-0.25, -0.2) is 4.98 Å². The SMILES string of the molecule is CCOc1ccc([C@H](O)c2ccccc2)c(C)n1. The summed E-state index contributed by atoms with van der Waals surface area (Å²) in [6.07, 6.45) is -0.644. The molecule has 0 saturated carbocycles. The molecular formula is C15H17NO2. The largest absolute Gasteiger partial charge is 0.478 e. The summed E-state index contributed by atoms with van der Waals surface area (Å²) in [6, 6.07) is 13.2. The van der Waals surface area contributed by atoms with Gasteiger partial charge in [0, 0.05) is 17.3 Å². The van der Waals surface area contributed by atoms with Crippen molar-refractivity contribution in [2.24, 2.45) is 0 Å². The quantitative estimate of drug-likeness (QED) is 0.897. The van der Waals surface area contributed by atoms with Gasteiger partial charge in [0.2, 0.25) is 5.88 Å². The number of hydrogen-bond donors (Lipinski definition) is 1. The molecule has 1 aromatic heterocycles. The van der Waals surface area contributed by atoms with Crippen molar-refractivity contribution in [2.45, 2.75) is 20.0 Å². The first-order chi connectivity index (χ1) is 8.72. The van der Waals surface area contributed by atoms with Gasteiger partial charge in [0.25, 0.3) is 0 Å². The van der Waals surface area contributed by atoms with E-state index in [4.69, 9.17) is 4.74 Å². The van der Waals surface area contributed by atoms with E-state index in [2.05, 4.69) is 4.98 Å². The Morgan fingerprint density at radius 3 is 2.50 bits per heavy atom. The zero-order valence-electron chi connectivity index (χ0n) is 10.6. The fourth-order valence-corrected chi connectivity index (χ4v) is 1.88. The highest BCUT2D eigenvalue weighted by Gasteiger charge is 2.13. The van der Waals surface area contributed by atoms with Crippen molar-refractivity contribution >= 4 is 0 Å². The van der Waals surface area contributed by atoms with E-state index in [1.807, 2.05) is 50.2 Å². The lowest BCUT2D eigenvalue weighted by molar-refractivity contribution is 0.218. The van der Waals surface area contributed by atoms with Crippen molar-refractivity contribution < 1.29 is 9.84 Å². The Hall–Kier alpha value is -1.87. The second kappa shape index (κ2) is 5.65. The molecule has 1 heterocycles. The fraction of sp³-hybridized carbons (Fsp3) is 0.267. The van der Waals surface area contributed by atoms with E-state index in [-0.39, 0.29) is 0 Å². The monoisotopic (exact) mass is 243 g/mol. The van der Waals surface area contributed by atoms with Crippen LogP contribution in [0.1, 0.15) is 29.8 Å². The van der Waals surface area contributed by atoms with E-state index in [1.165, 1.54) is 0 Å². The summed E-state index contributed by atoms with van der Waals surface area (Å²) >= 11 is 0. The molecule has 3 heteroatoms. The molecule has 0 unspecified atom stereocenters. The normalized spacial score (nSPS) is 12.2. The highest BCUT2D eigenvalue weighted by atomic mass is 16.5. The van der Waals surface area contributed by atoms with Gasteiger partial charge in [-0.15, -0.1) is 0 Å². The number of pyridine rings is 1. The third kappa shape index (κ3) is 2.68. The first-order valence-electron chi connectivity index (χ1n) is 6.05. The molecule has 2 rings (SSSR count). The van der Waals surface area contributed by atoms with Crippen LogP contribution < -0.4 is 4.74 Å². The zero-order valence-corrected chi connectivity index (χ0v) is 10.6. The van der Waals surface area contributed by atoms with E-state index in [0.717, 1.165) is 16.8 Å². The molecule has 1 aromatic carbocycles. The summed E-state index contributed by atoms with van der Waals surface area (Å²) < 4.78 is 5.33. The average molecular weight is 243 g/mol. The van der Waals surface area contributed by atoms with E-state index < -0.39 is 6.10 Å². The Bertz CT molecular complexity index is 511. The Balaban J connectivity index is 2.28. The predicted octanol–water partition coefficient (Wildman–Crippen LogP) is 2.87. The van der Waals surface area contributed by atoms with Crippen molar-refractivity contribution in [1.29, 1.82) is 0 Å². The molecule has 0 radical (unpaired) electrons. The van der Waals surface area contributed by atoms with Crippen molar-refractivity contribution in [3.8, 4) is 5.88 Å². The van der Waals surface area contributed by atoms with Gasteiger partial charge in [0.05, 0.1) is 6.61 Å². The number of aromatic nitrogens is 1. The molecule has 2 aromatic rings. The lowest BCUT2D eigenvalue weighted by Gasteiger charge is -2.14. The molecule has 0 saturated heterocycles. The molecule has 94 valence electrons. The van der Waals surface area contributed by atoms with Crippen LogP contribution in [-0.2, 0) is 0 Å². The number of aliphatic hydroxyl groups excluding tert-OH is 1. The first-order valence-corrected chi connectivity index (χ1v) is 6.05. The third-order valence-electron chi connectivity index (χ3n) is 2.80. The minimum atomic E-state index is -0.644. The number of hydrogen-bond acceptors (Lipinski definition) is 3. The van der Waals surface area contributed by atoms with Gasteiger partial charge in [-0.3, -0.25) is 0 Å². The highest BCUT2D eigenvalue weighted by molar-refractivity contribution is 5.34. The molecule has 0 aliphatic carbocycles. The van der Waals surface area contributed by atoms with Crippen molar-refractivity contribution in [3.05, 3.63) is 59.3 Å². The van der Waals surface area contributed by atoms with Crippen LogP contribution in [0.4, 0.5) is 0 Å². The predicted molar refractivity (Wildman–Crippen MR) is 70.6 cm³/mol. The summed E-state index contributed by atoms with van der Waals surface area (Å²) in [7, 11) is 0. The minimum Gasteiger partial charge on any atom is -0.478 e. The van der Waals surface area contributed by atoms with E-state index >= 15 is 0 Å². The number of aliphatic hydroxyl groups is 1. The molecule has 0 fully saturated rings. The summed E-state index contributed by atoms with van der Waals surface area (Å²) in [4.78, 5) is 4.33. The Labute approximate surface area is 107 Å². The van der Waals surface area contributed by atoms with Crippen LogP contribution in [-0.4, -0.2) is 16.7 Å². The average Bonchev–Trinajstić information content (AvgIpc) is 2.40. The van der Waals surface area contributed by atoms with Gasteiger partial charge in [0.15, 0.2) is 0 Å². The number of nitrogens with zero attached hydrogens (tertiary/aromatic N) is 1. The van der Waals surface area contributed by atoms with Gasteiger partial charge < -0.3 is 9.84 Å². The third-order valence-corrected chi connectivity index (χ3v) is 2.80. The summed E-state index contributed by atoms with van der Waals surface area (Å²) in [5.74, 6) is 0.596. The molecular weight excluding hydrogens is 226 g/mol. The Morgan fingerprint density at radius 2 is 1.89 bits per heavy atom. The lowest BCUT2D eigenvalue weighted by atomic mass is 10.0. The number of benzene rings is 1. The Morgan fingerprint density at radius 1 is 1.17 bits per heavy atom. The summed E-state index contributed by atoms with van der Waals surface area (Å²) in [6.45, 7) is 4.39. The molecule has 1 N–H and O–H groups in total. The van der Waals surface area contributed by atoms with Crippen LogP contribution in [0.15, 0.2) is 42.5 Å². The van der Waals surface area contributed by atoms with Crippen molar-refractivity contribution in [1.82, 2.24) is 4.98 Å². The highest BCUT2D eigenvalue weighted by Crippen LogP contribution is 2.25.